The number of nitrogens with zero attached hydrogens (tertiary/aromatic N) is 2. The van der Waals surface area contributed by atoms with Crippen LogP contribution in [0.15, 0.2) is 90.5 Å². The number of rotatable bonds is 6. The Labute approximate surface area is 348 Å². The largest absolute Gasteiger partial charge is 0.504 e. The van der Waals surface area contributed by atoms with Crippen LogP contribution in [-0.2, 0) is 36.9 Å². The fraction of sp³-hybridized carbons (Fsp3) is 0.268. The maximum atomic E-state index is 15.3. The third-order valence-electron chi connectivity index (χ3n) is 11.7. The average molecular weight is 954 g/mol. The number of nitrogens with one attached hydrogen (secondary N) is 1. The summed E-state index contributed by atoms with van der Waals surface area (Å²) in [6.45, 7) is 0. The van der Waals surface area contributed by atoms with Gasteiger partial charge in [0, 0.05) is 10.9 Å². The predicted octanol–water partition coefficient (Wildman–Crippen LogP) is 9.02. The first-order valence-electron chi connectivity index (χ1n) is 17.9. The standard InChI is InChI=1S/C41H28ClF7IN3O6/c1-59-31-13-18(12-30(50)34(31)54)33-26-10-11-27-32(37(57)52(35(27)55)25-15-20(40(44,45)46)14-21(16-25)41(47,48)49)28(26)17-29-36(56)53(51-24-8-6-23(43)7-9-24)38(58)39(29,33)19-2-4-22(42)5-3-19/h2-10,12-16,27-29,32-33,51,54H,11,17H2,1H3/t27-,28+,29-,32-,33-,39+/m0/s1. The number of aromatic hydroxyl groups is 1. The summed E-state index contributed by atoms with van der Waals surface area (Å²) in [5, 5.41) is 12.0. The molecule has 2 aliphatic heterocycles. The van der Waals surface area contributed by atoms with Crippen molar-refractivity contribution in [2.45, 2.75) is 36.5 Å². The Morgan fingerprint density at radius 3 is 2.07 bits per heavy atom. The number of allylic oxidation sites excluding steroid dienone is 2. The molecule has 306 valence electrons. The lowest BCUT2D eigenvalue weighted by atomic mass is 9.49. The van der Waals surface area contributed by atoms with Crippen molar-refractivity contribution in [3.8, 4) is 11.5 Å². The number of hydrogen-bond donors (Lipinski definition) is 2. The van der Waals surface area contributed by atoms with Crippen LogP contribution in [0.5, 0.6) is 11.5 Å². The molecular weight excluding hydrogens is 926 g/mol. The van der Waals surface area contributed by atoms with Crippen molar-refractivity contribution in [1.82, 2.24) is 5.01 Å². The van der Waals surface area contributed by atoms with Gasteiger partial charge < -0.3 is 9.84 Å². The van der Waals surface area contributed by atoms with Crippen molar-refractivity contribution in [1.29, 1.82) is 0 Å². The van der Waals surface area contributed by atoms with Crippen molar-refractivity contribution in [2.24, 2.45) is 23.7 Å². The number of phenolic OH excluding ortho intramolecular Hbond substituents is 1. The van der Waals surface area contributed by atoms with Crippen LogP contribution in [0.2, 0.25) is 5.02 Å². The summed E-state index contributed by atoms with van der Waals surface area (Å²) in [7, 11) is 1.30. The van der Waals surface area contributed by atoms with Gasteiger partial charge in [-0.2, -0.15) is 31.4 Å². The second-order valence-electron chi connectivity index (χ2n) is 14.7. The third kappa shape index (κ3) is 6.42. The lowest BCUT2D eigenvalue weighted by Gasteiger charge is -2.50. The molecule has 4 aromatic carbocycles. The van der Waals surface area contributed by atoms with Gasteiger partial charge in [0.25, 0.3) is 11.8 Å². The smallest absolute Gasteiger partial charge is 0.416 e. The molecule has 9 nitrogen and oxygen atoms in total. The van der Waals surface area contributed by atoms with Crippen molar-refractivity contribution >= 4 is 69.2 Å². The number of imide groups is 2. The van der Waals surface area contributed by atoms with Gasteiger partial charge in [0.05, 0.1) is 56.4 Å². The third-order valence-corrected chi connectivity index (χ3v) is 12.8. The molecule has 4 aliphatic rings. The number of anilines is 2. The predicted molar refractivity (Wildman–Crippen MR) is 205 cm³/mol. The zero-order chi connectivity index (χ0) is 42.5. The molecule has 59 heavy (non-hydrogen) atoms. The summed E-state index contributed by atoms with van der Waals surface area (Å²) >= 11 is 8.17. The topological polar surface area (TPSA) is 116 Å². The number of phenols is 1. The zero-order valence-electron chi connectivity index (χ0n) is 30.2. The average Bonchev–Trinajstić information content (AvgIpc) is 3.56. The van der Waals surface area contributed by atoms with Gasteiger partial charge in [-0.25, -0.2) is 9.29 Å². The van der Waals surface area contributed by atoms with E-state index in [0.29, 0.717) is 38.8 Å². The Kier molecular flexibility index (Phi) is 9.80. The first-order valence-corrected chi connectivity index (χ1v) is 19.3. The lowest BCUT2D eigenvalue weighted by molar-refractivity contribution is -0.143. The highest BCUT2D eigenvalue weighted by atomic mass is 127. The van der Waals surface area contributed by atoms with Crippen molar-refractivity contribution in [2.75, 3.05) is 17.4 Å². The minimum Gasteiger partial charge on any atom is -0.504 e. The number of amides is 4. The number of alkyl halides is 6. The van der Waals surface area contributed by atoms with Crippen LogP contribution in [0.4, 0.5) is 42.1 Å². The van der Waals surface area contributed by atoms with E-state index in [2.05, 4.69) is 5.43 Å². The van der Waals surface area contributed by atoms with Crippen molar-refractivity contribution in [3.63, 3.8) is 0 Å². The van der Waals surface area contributed by atoms with E-state index >= 15 is 4.79 Å². The number of methoxy groups -OCH3 is 1. The normalized spacial score (nSPS) is 25.5. The Morgan fingerprint density at radius 1 is 0.847 bits per heavy atom. The second-order valence-corrected chi connectivity index (χ2v) is 16.3. The molecule has 4 aromatic rings. The fourth-order valence-electron chi connectivity index (χ4n) is 9.27. The highest BCUT2D eigenvalue weighted by Gasteiger charge is 2.70. The van der Waals surface area contributed by atoms with Crippen molar-refractivity contribution < 1.29 is 59.8 Å². The van der Waals surface area contributed by atoms with Crippen LogP contribution < -0.4 is 15.1 Å². The monoisotopic (exact) mass is 953 g/mol. The molecule has 2 aliphatic carbocycles. The molecule has 0 radical (unpaired) electrons. The van der Waals surface area contributed by atoms with Gasteiger partial charge in [0.15, 0.2) is 11.5 Å². The Morgan fingerprint density at radius 2 is 1.47 bits per heavy atom. The zero-order valence-corrected chi connectivity index (χ0v) is 33.1. The lowest BCUT2D eigenvalue weighted by Crippen LogP contribution is -2.53. The Bertz CT molecular complexity index is 2450. The number of benzene rings is 4. The van der Waals surface area contributed by atoms with Crippen molar-refractivity contribution in [3.05, 3.63) is 127 Å². The molecule has 0 unspecified atom stereocenters. The van der Waals surface area contributed by atoms with Gasteiger partial charge in [0.2, 0.25) is 11.8 Å². The highest BCUT2D eigenvalue weighted by Crippen LogP contribution is 2.65. The molecule has 0 aromatic heterocycles. The van der Waals surface area contributed by atoms with Crippen LogP contribution >= 0.6 is 34.2 Å². The molecule has 4 amide bonds. The summed E-state index contributed by atoms with van der Waals surface area (Å²) in [5.41, 5.74) is -2.17. The summed E-state index contributed by atoms with van der Waals surface area (Å²) in [6, 6.07) is 14.6. The van der Waals surface area contributed by atoms with Gasteiger partial charge >= 0.3 is 12.4 Å². The Hall–Kier alpha value is -5.17. The molecule has 2 N–H and O–H groups in total. The summed E-state index contributed by atoms with van der Waals surface area (Å²) in [5.74, 6) is -10.6. The van der Waals surface area contributed by atoms with Gasteiger partial charge in [-0.15, -0.1) is 0 Å². The number of carbonyl (C=O) groups excluding carboxylic acids is 4. The molecular formula is C41H28ClF7IN3O6. The number of hydrazine groups is 1. The minimum absolute atomic E-state index is 0.00695. The second kappa shape index (κ2) is 14.2. The molecule has 2 saturated heterocycles. The van der Waals surface area contributed by atoms with E-state index in [-0.39, 0.29) is 39.7 Å². The number of carbonyl (C=O) groups is 4. The number of fused-ring (bicyclic) bond motifs is 4. The van der Waals surface area contributed by atoms with Crippen LogP contribution in [0, 0.1) is 33.1 Å². The van der Waals surface area contributed by atoms with Gasteiger partial charge in [0.1, 0.15) is 5.82 Å². The first kappa shape index (κ1) is 40.6. The summed E-state index contributed by atoms with van der Waals surface area (Å²) in [6.07, 6.45) is -9.37. The van der Waals surface area contributed by atoms with Gasteiger partial charge in [-0.1, -0.05) is 35.4 Å². The molecule has 0 bridgehead atoms. The molecule has 0 spiro atoms. The van der Waals surface area contributed by atoms with E-state index in [1.807, 2.05) is 22.6 Å². The van der Waals surface area contributed by atoms with E-state index in [1.165, 1.54) is 37.4 Å². The SMILES string of the molecule is COc1cc([C@H]2C3=CC[C@@H]4C(=O)N(c5cc(C(F)(F)F)cc(C(F)(F)F)c5)C(=O)[C@@H]4[C@@H]3C[C@H]3C(=O)N(Nc4ccc(F)cc4)C(=O)[C@@]23c2ccc(Cl)cc2)cc(I)c1O. The first-order chi connectivity index (χ1) is 27.8. The van der Waals surface area contributed by atoms with Crippen LogP contribution in [-0.4, -0.2) is 40.9 Å². The van der Waals surface area contributed by atoms with E-state index in [4.69, 9.17) is 16.3 Å². The van der Waals surface area contributed by atoms with E-state index in [1.54, 1.807) is 24.3 Å². The van der Waals surface area contributed by atoms with Crippen LogP contribution in [0.3, 0.4) is 0 Å². The molecule has 6 atom stereocenters. The molecule has 18 heteroatoms. The maximum Gasteiger partial charge on any atom is 0.416 e. The fourth-order valence-corrected chi connectivity index (χ4v) is 10.0. The molecule has 8 rings (SSSR count). The Balaban J connectivity index is 1.33. The number of hydrogen-bond acceptors (Lipinski definition) is 7. The van der Waals surface area contributed by atoms with Crippen LogP contribution in [0.1, 0.15) is 41.0 Å². The van der Waals surface area contributed by atoms with Crippen LogP contribution in [0.25, 0.3) is 0 Å². The summed E-state index contributed by atoms with van der Waals surface area (Å²) < 4.78 is 103. The number of ether oxygens (including phenoxy) is 1. The summed E-state index contributed by atoms with van der Waals surface area (Å²) in [4.78, 5) is 59.2. The number of halogens is 9. The van der Waals surface area contributed by atoms with E-state index in [0.717, 1.165) is 17.1 Å². The molecule has 3 fully saturated rings. The maximum absolute atomic E-state index is 15.3. The van der Waals surface area contributed by atoms with E-state index < -0.39 is 93.6 Å². The van der Waals surface area contributed by atoms with E-state index in [9.17, 15) is 50.2 Å². The van der Waals surface area contributed by atoms with Gasteiger partial charge in [-0.05, 0) is 119 Å². The van der Waals surface area contributed by atoms with Gasteiger partial charge in [-0.3, -0.25) is 24.6 Å². The molecule has 1 saturated carbocycles. The highest BCUT2D eigenvalue weighted by molar-refractivity contribution is 14.1. The minimum atomic E-state index is -5.27. The quantitative estimate of drug-likeness (QED) is 0.0859. The molecule has 2 heterocycles.